The number of hydrogen-bond donors (Lipinski definition) is 0. The van der Waals surface area contributed by atoms with Crippen molar-refractivity contribution in [1.29, 1.82) is 0 Å². The van der Waals surface area contributed by atoms with E-state index in [0.717, 1.165) is 12.6 Å². The van der Waals surface area contributed by atoms with E-state index in [1.165, 1.54) is 45.4 Å². The highest BCUT2D eigenvalue weighted by molar-refractivity contribution is 4.86. The van der Waals surface area contributed by atoms with Crippen molar-refractivity contribution in [2.24, 2.45) is 0 Å². The van der Waals surface area contributed by atoms with Gasteiger partial charge in [-0.1, -0.05) is 0 Å². The Kier molecular flexibility index (Phi) is 3.88. The molecule has 0 N–H and O–H groups in total. The van der Waals surface area contributed by atoms with Gasteiger partial charge in [-0.3, -0.25) is 9.80 Å². The average molecular weight is 226 g/mol. The first kappa shape index (κ1) is 12.3. The molecule has 0 saturated carbocycles. The van der Waals surface area contributed by atoms with Crippen LogP contribution in [0.5, 0.6) is 0 Å². The lowest BCUT2D eigenvalue weighted by Crippen LogP contribution is -2.44. The summed E-state index contributed by atoms with van der Waals surface area (Å²) in [4.78, 5) is 5.28. The first-order chi connectivity index (χ1) is 7.61. The molecule has 2 fully saturated rings. The van der Waals surface area contributed by atoms with Crippen molar-refractivity contribution in [2.75, 3.05) is 39.8 Å². The molecule has 0 aromatic heterocycles. The van der Waals surface area contributed by atoms with Crippen LogP contribution < -0.4 is 0 Å². The highest BCUT2D eigenvalue weighted by Gasteiger charge is 2.30. The second-order valence-corrected chi connectivity index (χ2v) is 5.88. The summed E-state index contributed by atoms with van der Waals surface area (Å²) < 4.78 is 5.54. The molecule has 0 bridgehead atoms. The number of rotatable bonds is 3. The zero-order valence-corrected chi connectivity index (χ0v) is 11.0. The van der Waals surface area contributed by atoms with Crippen LogP contribution in [0.1, 0.15) is 33.1 Å². The van der Waals surface area contributed by atoms with Crippen LogP contribution in [-0.4, -0.2) is 61.3 Å². The molecule has 0 aromatic carbocycles. The number of fused-ring (bicyclic) bond motifs is 1. The predicted molar refractivity (Wildman–Crippen MR) is 66.7 cm³/mol. The molecule has 0 aliphatic carbocycles. The Labute approximate surface area is 99.7 Å². The minimum Gasteiger partial charge on any atom is -0.377 e. The normalized spacial score (nSPS) is 29.1. The largest absolute Gasteiger partial charge is 0.377 e. The third kappa shape index (κ3) is 2.96. The molecule has 94 valence electrons. The van der Waals surface area contributed by atoms with E-state index in [9.17, 15) is 0 Å². The number of ether oxygens (including phenoxy) is 1. The lowest BCUT2D eigenvalue weighted by molar-refractivity contribution is -0.00855. The van der Waals surface area contributed by atoms with E-state index in [4.69, 9.17) is 4.74 Å². The smallest absolute Gasteiger partial charge is 0.0749 e. The lowest BCUT2D eigenvalue weighted by atomic mass is 10.1. The van der Waals surface area contributed by atoms with E-state index in [-0.39, 0.29) is 5.60 Å². The van der Waals surface area contributed by atoms with Gasteiger partial charge in [-0.2, -0.15) is 0 Å². The fraction of sp³-hybridized carbons (Fsp3) is 1.00. The van der Waals surface area contributed by atoms with Gasteiger partial charge in [0.05, 0.1) is 5.60 Å². The molecule has 2 aliphatic heterocycles. The fourth-order valence-electron chi connectivity index (χ4n) is 3.03. The topological polar surface area (TPSA) is 15.7 Å². The Morgan fingerprint density at radius 3 is 2.69 bits per heavy atom. The van der Waals surface area contributed by atoms with E-state index in [0.29, 0.717) is 0 Å². The summed E-state index contributed by atoms with van der Waals surface area (Å²) in [6, 6.07) is 0.815. The molecule has 0 amide bonds. The van der Waals surface area contributed by atoms with Crippen molar-refractivity contribution in [3.63, 3.8) is 0 Å². The van der Waals surface area contributed by atoms with Crippen molar-refractivity contribution >= 4 is 0 Å². The van der Waals surface area contributed by atoms with E-state index in [1.807, 2.05) is 7.11 Å². The molecule has 3 heteroatoms. The Morgan fingerprint density at radius 1 is 1.19 bits per heavy atom. The van der Waals surface area contributed by atoms with E-state index < -0.39 is 0 Å². The van der Waals surface area contributed by atoms with Gasteiger partial charge in [0, 0.05) is 26.2 Å². The zero-order chi connectivity index (χ0) is 11.6. The Morgan fingerprint density at radius 2 is 1.94 bits per heavy atom. The van der Waals surface area contributed by atoms with Crippen molar-refractivity contribution in [3.8, 4) is 0 Å². The monoisotopic (exact) mass is 226 g/mol. The molecular formula is C13H26N2O. The molecule has 2 saturated heterocycles. The molecule has 16 heavy (non-hydrogen) atoms. The van der Waals surface area contributed by atoms with Crippen LogP contribution in [0.25, 0.3) is 0 Å². The molecule has 2 aliphatic rings. The Hall–Kier alpha value is -0.120. The summed E-state index contributed by atoms with van der Waals surface area (Å²) in [6.45, 7) is 10.5. The summed E-state index contributed by atoms with van der Waals surface area (Å²) in [5.41, 5.74) is -0.00618. The van der Waals surface area contributed by atoms with Crippen molar-refractivity contribution < 1.29 is 4.74 Å². The standard InChI is InChI=1S/C13H26N2O/c1-13(2,16-3)11-14-7-5-9-15-8-4-6-12(15)10-14/h12H,4-11H2,1-3H3. The van der Waals surface area contributed by atoms with Gasteiger partial charge in [0.15, 0.2) is 0 Å². The van der Waals surface area contributed by atoms with Crippen LogP contribution in [0.3, 0.4) is 0 Å². The Balaban J connectivity index is 1.90. The summed E-state index contributed by atoms with van der Waals surface area (Å²) in [5.74, 6) is 0. The fourth-order valence-corrected chi connectivity index (χ4v) is 3.03. The van der Waals surface area contributed by atoms with Crippen LogP contribution in [0, 0.1) is 0 Å². The minimum atomic E-state index is -0.00618. The van der Waals surface area contributed by atoms with Gasteiger partial charge < -0.3 is 4.74 Å². The molecule has 1 unspecified atom stereocenters. The first-order valence-electron chi connectivity index (χ1n) is 6.62. The van der Waals surface area contributed by atoms with Gasteiger partial charge >= 0.3 is 0 Å². The third-order valence-electron chi connectivity index (χ3n) is 4.04. The van der Waals surface area contributed by atoms with Gasteiger partial charge in [0.1, 0.15) is 0 Å². The molecular weight excluding hydrogens is 200 g/mol. The van der Waals surface area contributed by atoms with Gasteiger partial charge in [-0.05, 0) is 52.7 Å². The SMILES string of the molecule is COC(C)(C)CN1CCCN2CCCC2C1. The first-order valence-corrected chi connectivity index (χ1v) is 6.62. The number of hydrogen-bond acceptors (Lipinski definition) is 3. The van der Waals surface area contributed by atoms with E-state index in [1.54, 1.807) is 0 Å². The van der Waals surface area contributed by atoms with Crippen LogP contribution in [-0.2, 0) is 4.74 Å². The third-order valence-corrected chi connectivity index (χ3v) is 4.04. The summed E-state index contributed by atoms with van der Waals surface area (Å²) in [6.07, 6.45) is 4.10. The molecule has 2 rings (SSSR count). The highest BCUT2D eigenvalue weighted by atomic mass is 16.5. The lowest BCUT2D eigenvalue weighted by Gasteiger charge is -2.32. The van der Waals surface area contributed by atoms with Gasteiger partial charge in [0.25, 0.3) is 0 Å². The van der Waals surface area contributed by atoms with Gasteiger partial charge in [-0.25, -0.2) is 0 Å². The van der Waals surface area contributed by atoms with Crippen LogP contribution in [0.15, 0.2) is 0 Å². The van der Waals surface area contributed by atoms with Crippen LogP contribution in [0.2, 0.25) is 0 Å². The summed E-state index contributed by atoms with van der Waals surface area (Å²) in [5, 5.41) is 0. The molecule has 0 radical (unpaired) electrons. The molecule has 1 atom stereocenters. The van der Waals surface area contributed by atoms with Crippen LogP contribution >= 0.6 is 0 Å². The molecule has 2 heterocycles. The zero-order valence-electron chi connectivity index (χ0n) is 11.0. The number of methoxy groups -OCH3 is 1. The van der Waals surface area contributed by atoms with Gasteiger partial charge in [0.2, 0.25) is 0 Å². The Bertz CT molecular complexity index is 230. The molecule has 0 aromatic rings. The highest BCUT2D eigenvalue weighted by Crippen LogP contribution is 2.22. The van der Waals surface area contributed by atoms with Crippen LogP contribution in [0.4, 0.5) is 0 Å². The quantitative estimate of drug-likeness (QED) is 0.727. The van der Waals surface area contributed by atoms with Gasteiger partial charge in [-0.15, -0.1) is 0 Å². The summed E-state index contributed by atoms with van der Waals surface area (Å²) in [7, 11) is 1.82. The second-order valence-electron chi connectivity index (χ2n) is 5.88. The summed E-state index contributed by atoms with van der Waals surface area (Å²) >= 11 is 0. The van der Waals surface area contributed by atoms with Crippen molar-refractivity contribution in [1.82, 2.24) is 9.80 Å². The van der Waals surface area contributed by atoms with Crippen molar-refractivity contribution in [3.05, 3.63) is 0 Å². The molecule has 0 spiro atoms. The van der Waals surface area contributed by atoms with E-state index >= 15 is 0 Å². The average Bonchev–Trinajstić information content (AvgIpc) is 2.58. The minimum absolute atomic E-state index is 0.00618. The maximum absolute atomic E-state index is 5.54. The maximum atomic E-state index is 5.54. The number of nitrogens with zero attached hydrogens (tertiary/aromatic N) is 2. The van der Waals surface area contributed by atoms with Crippen molar-refractivity contribution in [2.45, 2.75) is 44.8 Å². The maximum Gasteiger partial charge on any atom is 0.0749 e. The predicted octanol–water partition coefficient (Wildman–Crippen LogP) is 1.58. The second kappa shape index (κ2) is 5.03. The molecule has 3 nitrogen and oxygen atoms in total. The van der Waals surface area contributed by atoms with E-state index in [2.05, 4.69) is 23.6 Å².